The monoisotopic (exact) mass is 307 g/mol. The van der Waals surface area contributed by atoms with E-state index in [0.29, 0.717) is 5.52 Å². The van der Waals surface area contributed by atoms with Crippen LogP contribution in [-0.4, -0.2) is 26.8 Å². The summed E-state index contributed by atoms with van der Waals surface area (Å²) in [6.07, 6.45) is -0.121. The van der Waals surface area contributed by atoms with Crippen LogP contribution in [0.3, 0.4) is 0 Å². The summed E-state index contributed by atoms with van der Waals surface area (Å²) in [6, 6.07) is 4.57. The summed E-state index contributed by atoms with van der Waals surface area (Å²) in [5.41, 5.74) is -0.126. The second-order valence-electron chi connectivity index (χ2n) is 6.07. The van der Waals surface area contributed by atoms with Crippen molar-refractivity contribution in [2.75, 3.05) is 5.32 Å². The molecule has 6 nitrogen and oxygen atoms in total. The van der Waals surface area contributed by atoms with Crippen LogP contribution in [0.2, 0.25) is 0 Å². The summed E-state index contributed by atoms with van der Waals surface area (Å²) in [5, 5.41) is 15.8. The highest BCUT2D eigenvalue weighted by atomic mass is 19.1. The number of nitrogens with one attached hydrogen (secondary N) is 1. The van der Waals surface area contributed by atoms with E-state index in [2.05, 4.69) is 10.4 Å². The van der Waals surface area contributed by atoms with Crippen LogP contribution >= 0.6 is 0 Å². The number of carbonyl (C=O) groups excluding carboxylic acids is 1. The number of aliphatic carboxylic acids is 1. The van der Waals surface area contributed by atoms with Gasteiger partial charge < -0.3 is 10.4 Å². The topological polar surface area (TPSA) is 84.2 Å². The lowest BCUT2D eigenvalue weighted by atomic mass is 9.85. The van der Waals surface area contributed by atoms with E-state index in [1.165, 1.54) is 10.7 Å². The molecular formula is C15H18FN3O3. The van der Waals surface area contributed by atoms with Crippen LogP contribution in [0.25, 0.3) is 10.9 Å². The molecule has 2 N–H and O–H groups in total. The molecule has 0 atom stereocenters. The van der Waals surface area contributed by atoms with Crippen LogP contribution in [-0.2, 0) is 16.6 Å². The lowest BCUT2D eigenvalue weighted by molar-refractivity contribution is -0.139. The van der Waals surface area contributed by atoms with Crippen molar-refractivity contribution in [1.82, 2.24) is 9.78 Å². The predicted molar refractivity (Wildman–Crippen MR) is 80.0 cm³/mol. The second kappa shape index (κ2) is 5.75. The fraction of sp³-hybridized carbons (Fsp3) is 0.400. The SMILES string of the molecule is Cn1nc(NC(=O)CC(C)(C)CC(=O)O)c2c(F)cccc21. The van der Waals surface area contributed by atoms with Gasteiger partial charge in [0.05, 0.1) is 17.3 Å². The summed E-state index contributed by atoms with van der Waals surface area (Å²) in [6.45, 7) is 3.38. The molecule has 0 aliphatic carbocycles. The highest BCUT2D eigenvalue weighted by Crippen LogP contribution is 2.28. The van der Waals surface area contributed by atoms with Gasteiger partial charge >= 0.3 is 5.97 Å². The molecule has 0 bridgehead atoms. The molecule has 2 aromatic rings. The number of benzene rings is 1. The third-order valence-electron chi connectivity index (χ3n) is 3.35. The van der Waals surface area contributed by atoms with E-state index in [1.54, 1.807) is 33.0 Å². The zero-order valence-corrected chi connectivity index (χ0v) is 12.7. The molecule has 0 fully saturated rings. The van der Waals surface area contributed by atoms with Gasteiger partial charge in [0.1, 0.15) is 5.82 Å². The molecule has 1 amide bonds. The minimum atomic E-state index is -0.966. The number of carboxylic acids is 1. The number of hydrogen-bond acceptors (Lipinski definition) is 3. The van der Waals surface area contributed by atoms with E-state index in [-0.39, 0.29) is 24.0 Å². The Morgan fingerprint density at radius 2 is 2.05 bits per heavy atom. The van der Waals surface area contributed by atoms with Gasteiger partial charge in [0.25, 0.3) is 0 Å². The first kappa shape index (κ1) is 15.9. The number of aryl methyl sites for hydroxylation is 1. The molecule has 0 spiro atoms. The average Bonchev–Trinajstić information content (AvgIpc) is 2.64. The molecule has 2 rings (SSSR count). The van der Waals surface area contributed by atoms with Gasteiger partial charge in [-0.3, -0.25) is 14.3 Å². The number of halogens is 1. The minimum Gasteiger partial charge on any atom is -0.481 e. The first-order valence-electron chi connectivity index (χ1n) is 6.82. The van der Waals surface area contributed by atoms with E-state index in [1.807, 2.05) is 0 Å². The zero-order valence-electron chi connectivity index (χ0n) is 12.7. The molecule has 0 unspecified atom stereocenters. The summed E-state index contributed by atoms with van der Waals surface area (Å²) in [7, 11) is 1.66. The fourth-order valence-electron chi connectivity index (χ4n) is 2.44. The molecule has 1 aromatic carbocycles. The average molecular weight is 307 g/mol. The Kier molecular flexibility index (Phi) is 4.16. The van der Waals surface area contributed by atoms with Crippen LogP contribution in [0.15, 0.2) is 18.2 Å². The highest BCUT2D eigenvalue weighted by Gasteiger charge is 2.26. The van der Waals surface area contributed by atoms with Crippen LogP contribution in [0.1, 0.15) is 26.7 Å². The number of amides is 1. The van der Waals surface area contributed by atoms with Crippen molar-refractivity contribution in [3.63, 3.8) is 0 Å². The van der Waals surface area contributed by atoms with Gasteiger partial charge in [0.15, 0.2) is 5.82 Å². The predicted octanol–water partition coefficient (Wildman–Crippen LogP) is 2.54. The first-order chi connectivity index (χ1) is 10.2. The molecule has 0 aliphatic rings. The molecule has 0 saturated heterocycles. The maximum absolute atomic E-state index is 13.9. The Labute approximate surface area is 126 Å². The van der Waals surface area contributed by atoms with Crippen LogP contribution in [0.4, 0.5) is 10.2 Å². The van der Waals surface area contributed by atoms with Gasteiger partial charge in [-0.15, -0.1) is 0 Å². The van der Waals surface area contributed by atoms with Crippen molar-refractivity contribution in [2.45, 2.75) is 26.7 Å². The number of nitrogens with zero attached hydrogens (tertiary/aromatic N) is 2. The van der Waals surface area contributed by atoms with Gasteiger partial charge in [-0.2, -0.15) is 5.10 Å². The van der Waals surface area contributed by atoms with E-state index in [9.17, 15) is 14.0 Å². The van der Waals surface area contributed by atoms with Crippen molar-refractivity contribution in [1.29, 1.82) is 0 Å². The molecule has 1 aromatic heterocycles. The molecule has 7 heteroatoms. The quantitative estimate of drug-likeness (QED) is 0.889. The number of fused-ring (bicyclic) bond motifs is 1. The lowest BCUT2D eigenvalue weighted by Gasteiger charge is -2.21. The Bertz CT molecular complexity index is 737. The van der Waals surface area contributed by atoms with Gasteiger partial charge in [0.2, 0.25) is 5.91 Å². The molecule has 1 heterocycles. The lowest BCUT2D eigenvalue weighted by Crippen LogP contribution is -2.25. The molecule has 22 heavy (non-hydrogen) atoms. The number of rotatable bonds is 5. The number of carbonyl (C=O) groups is 2. The normalized spacial score (nSPS) is 11.6. The Hall–Kier alpha value is -2.44. The molecular weight excluding hydrogens is 289 g/mol. The Morgan fingerprint density at radius 3 is 2.68 bits per heavy atom. The number of hydrogen-bond donors (Lipinski definition) is 2. The standard InChI is InChI=1S/C15H18FN3O3/c1-15(2,8-12(21)22)7-11(20)17-14-13-9(16)5-4-6-10(13)19(3)18-14/h4-6H,7-8H2,1-3H3,(H,21,22)(H,17,18,20). The number of aromatic nitrogens is 2. The molecule has 0 saturated carbocycles. The molecule has 118 valence electrons. The summed E-state index contributed by atoms with van der Waals surface area (Å²) in [4.78, 5) is 22.9. The maximum Gasteiger partial charge on any atom is 0.303 e. The second-order valence-corrected chi connectivity index (χ2v) is 6.07. The summed E-state index contributed by atoms with van der Waals surface area (Å²) >= 11 is 0. The van der Waals surface area contributed by atoms with Gasteiger partial charge in [-0.05, 0) is 17.5 Å². The van der Waals surface area contributed by atoms with E-state index in [0.717, 1.165) is 0 Å². The summed E-state index contributed by atoms with van der Waals surface area (Å²) < 4.78 is 15.4. The van der Waals surface area contributed by atoms with Crippen molar-refractivity contribution in [3.05, 3.63) is 24.0 Å². The van der Waals surface area contributed by atoms with Crippen LogP contribution in [0, 0.1) is 11.2 Å². The third-order valence-corrected chi connectivity index (χ3v) is 3.35. The third kappa shape index (κ3) is 3.41. The molecule has 0 aliphatic heterocycles. The molecule has 0 radical (unpaired) electrons. The van der Waals surface area contributed by atoms with Gasteiger partial charge in [0, 0.05) is 13.5 Å². The smallest absolute Gasteiger partial charge is 0.303 e. The minimum absolute atomic E-state index is 0.00577. The summed E-state index contributed by atoms with van der Waals surface area (Å²) in [5.74, 6) is -1.68. The number of carboxylic acid groups (broad SMARTS) is 1. The van der Waals surface area contributed by atoms with Crippen molar-refractivity contribution in [3.8, 4) is 0 Å². The highest BCUT2D eigenvalue weighted by molar-refractivity contribution is 6.00. The largest absolute Gasteiger partial charge is 0.481 e. The van der Waals surface area contributed by atoms with Crippen molar-refractivity contribution in [2.24, 2.45) is 12.5 Å². The van der Waals surface area contributed by atoms with Gasteiger partial charge in [-0.1, -0.05) is 19.9 Å². The van der Waals surface area contributed by atoms with E-state index in [4.69, 9.17) is 5.11 Å². The van der Waals surface area contributed by atoms with Crippen molar-refractivity contribution < 1.29 is 19.1 Å². The zero-order chi connectivity index (χ0) is 16.5. The Morgan fingerprint density at radius 1 is 1.36 bits per heavy atom. The maximum atomic E-state index is 13.9. The van der Waals surface area contributed by atoms with E-state index >= 15 is 0 Å². The van der Waals surface area contributed by atoms with E-state index < -0.39 is 23.1 Å². The number of anilines is 1. The van der Waals surface area contributed by atoms with Crippen LogP contribution < -0.4 is 5.32 Å². The van der Waals surface area contributed by atoms with Crippen molar-refractivity contribution >= 4 is 28.6 Å². The first-order valence-corrected chi connectivity index (χ1v) is 6.82. The Balaban J connectivity index is 2.21. The fourth-order valence-corrected chi connectivity index (χ4v) is 2.44. The van der Waals surface area contributed by atoms with Crippen LogP contribution in [0.5, 0.6) is 0 Å². The van der Waals surface area contributed by atoms with Gasteiger partial charge in [-0.25, -0.2) is 4.39 Å².